The van der Waals surface area contributed by atoms with E-state index in [9.17, 15) is 24.3 Å². The van der Waals surface area contributed by atoms with Crippen LogP contribution < -0.4 is 5.32 Å². The summed E-state index contributed by atoms with van der Waals surface area (Å²) in [6.07, 6.45) is -1.51. The molecule has 0 aromatic heterocycles. The fraction of sp³-hybridized carbons (Fsp3) is 0.750. The number of alkyl carbamates (subject to hydrolysis) is 1. The molecule has 0 bridgehead atoms. The number of carboxylic acids is 1. The lowest BCUT2D eigenvalue weighted by atomic mass is 10.0. The highest BCUT2D eigenvalue weighted by atomic mass is 16.6. The molecule has 0 radical (unpaired) electrons. The Morgan fingerprint density at radius 2 is 1.77 bits per heavy atom. The Bertz CT molecular complexity index is 571. The van der Waals surface area contributed by atoms with E-state index < -0.39 is 41.7 Å². The van der Waals surface area contributed by atoms with Gasteiger partial charge >= 0.3 is 18.2 Å². The topological polar surface area (TPSA) is 125 Å². The van der Waals surface area contributed by atoms with Crippen LogP contribution in [0.15, 0.2) is 0 Å². The van der Waals surface area contributed by atoms with Crippen LogP contribution in [0.1, 0.15) is 34.6 Å². The molecule has 0 aromatic rings. The molecule has 2 N–H and O–H groups in total. The molecule has 10 nitrogen and oxygen atoms in total. The van der Waals surface area contributed by atoms with Crippen LogP contribution in [0.25, 0.3) is 0 Å². The molecular weight excluding hydrogens is 346 g/mol. The van der Waals surface area contributed by atoms with Gasteiger partial charge in [-0.3, -0.25) is 9.69 Å². The summed E-state index contributed by atoms with van der Waals surface area (Å²) in [5.74, 6) is -2.17. The summed E-state index contributed by atoms with van der Waals surface area (Å²) >= 11 is 0. The Morgan fingerprint density at radius 3 is 2.19 bits per heavy atom. The zero-order chi connectivity index (χ0) is 20.2. The van der Waals surface area contributed by atoms with E-state index in [2.05, 4.69) is 10.1 Å². The highest BCUT2D eigenvalue weighted by Gasteiger charge is 2.44. The number of methoxy groups -OCH3 is 1. The summed E-state index contributed by atoms with van der Waals surface area (Å²) in [6.45, 7) is 8.04. The number of ether oxygens (including phenoxy) is 2. The van der Waals surface area contributed by atoms with E-state index in [0.717, 1.165) is 16.9 Å². The van der Waals surface area contributed by atoms with Crippen LogP contribution in [0.3, 0.4) is 0 Å². The number of rotatable bonds is 4. The Hall–Kier alpha value is -2.52. The van der Waals surface area contributed by atoms with Crippen LogP contribution in [0, 0.1) is 5.92 Å². The molecule has 1 aliphatic rings. The van der Waals surface area contributed by atoms with Gasteiger partial charge in [0, 0.05) is 0 Å². The standard InChI is InChI=1S/C16H27N3O7/c1-9(2)11(17-14(23)25-6)12(20)19-8-18(7-10(19)13(21)22)15(24)26-16(3,4)5/h9-11H,7-8H2,1-6H3,(H,17,23)(H,21,22). The van der Waals surface area contributed by atoms with Crippen LogP contribution >= 0.6 is 0 Å². The zero-order valence-corrected chi connectivity index (χ0v) is 15.9. The largest absolute Gasteiger partial charge is 0.480 e. The SMILES string of the molecule is COC(=O)NC(C(=O)N1CN(C(=O)OC(C)(C)C)CC1C(=O)O)C(C)C. The molecule has 0 aliphatic carbocycles. The van der Waals surface area contributed by atoms with E-state index in [0.29, 0.717) is 0 Å². The van der Waals surface area contributed by atoms with Crippen molar-refractivity contribution in [2.75, 3.05) is 20.3 Å². The third-order valence-corrected chi connectivity index (χ3v) is 3.70. The molecule has 1 aliphatic heterocycles. The maximum absolute atomic E-state index is 12.8. The van der Waals surface area contributed by atoms with Gasteiger partial charge in [0.25, 0.3) is 0 Å². The Kier molecular flexibility index (Phi) is 6.82. The van der Waals surface area contributed by atoms with E-state index in [1.54, 1.807) is 34.6 Å². The van der Waals surface area contributed by atoms with E-state index in [-0.39, 0.29) is 19.1 Å². The van der Waals surface area contributed by atoms with Crippen LogP contribution in [-0.2, 0) is 19.1 Å². The van der Waals surface area contributed by atoms with Crippen LogP contribution in [0.4, 0.5) is 9.59 Å². The molecular formula is C16H27N3O7. The van der Waals surface area contributed by atoms with Crippen molar-refractivity contribution >= 4 is 24.1 Å². The number of hydrogen-bond acceptors (Lipinski definition) is 6. The predicted octanol–water partition coefficient (Wildman–Crippen LogP) is 0.857. The Balaban J connectivity index is 2.99. The van der Waals surface area contributed by atoms with Gasteiger partial charge in [0.15, 0.2) is 0 Å². The molecule has 2 unspecified atom stereocenters. The smallest absolute Gasteiger partial charge is 0.411 e. The van der Waals surface area contributed by atoms with E-state index in [4.69, 9.17) is 4.74 Å². The number of nitrogens with one attached hydrogen (secondary N) is 1. The number of carbonyl (C=O) groups excluding carboxylic acids is 3. The molecule has 0 spiro atoms. The zero-order valence-electron chi connectivity index (χ0n) is 15.9. The van der Waals surface area contributed by atoms with Crippen molar-refractivity contribution in [3.63, 3.8) is 0 Å². The van der Waals surface area contributed by atoms with Gasteiger partial charge in [0.1, 0.15) is 24.4 Å². The minimum Gasteiger partial charge on any atom is -0.480 e. The van der Waals surface area contributed by atoms with Gasteiger partial charge in [-0.1, -0.05) is 13.8 Å². The second-order valence-electron chi connectivity index (χ2n) is 7.36. The average molecular weight is 373 g/mol. The lowest BCUT2D eigenvalue weighted by molar-refractivity contribution is -0.149. The van der Waals surface area contributed by atoms with Crippen molar-refractivity contribution in [3.05, 3.63) is 0 Å². The monoisotopic (exact) mass is 373 g/mol. The normalized spacial score (nSPS) is 18.5. The molecule has 10 heteroatoms. The second-order valence-corrected chi connectivity index (χ2v) is 7.36. The summed E-state index contributed by atoms with van der Waals surface area (Å²) in [4.78, 5) is 50.3. The van der Waals surface area contributed by atoms with Crippen molar-refractivity contribution in [2.24, 2.45) is 5.92 Å². The molecule has 1 heterocycles. The van der Waals surface area contributed by atoms with E-state index in [1.165, 1.54) is 0 Å². The van der Waals surface area contributed by atoms with Crippen LogP contribution in [0.2, 0.25) is 0 Å². The number of nitrogens with zero attached hydrogens (tertiary/aromatic N) is 2. The van der Waals surface area contributed by atoms with Crippen LogP contribution in [0.5, 0.6) is 0 Å². The van der Waals surface area contributed by atoms with Gasteiger partial charge in [0.05, 0.1) is 13.7 Å². The molecule has 2 atom stereocenters. The highest BCUT2D eigenvalue weighted by Crippen LogP contribution is 2.20. The van der Waals surface area contributed by atoms with Gasteiger partial charge in [-0.15, -0.1) is 0 Å². The molecule has 1 fully saturated rings. The first-order valence-electron chi connectivity index (χ1n) is 8.23. The van der Waals surface area contributed by atoms with Crippen molar-refractivity contribution in [3.8, 4) is 0 Å². The number of carboxylic acid groups (broad SMARTS) is 1. The number of hydrogen-bond donors (Lipinski definition) is 2. The van der Waals surface area contributed by atoms with Gasteiger partial charge < -0.3 is 24.8 Å². The van der Waals surface area contributed by atoms with Gasteiger partial charge in [-0.25, -0.2) is 14.4 Å². The maximum atomic E-state index is 12.8. The fourth-order valence-electron chi connectivity index (χ4n) is 2.42. The lowest BCUT2D eigenvalue weighted by Crippen LogP contribution is -2.54. The predicted molar refractivity (Wildman–Crippen MR) is 90.2 cm³/mol. The van der Waals surface area contributed by atoms with Crippen molar-refractivity contribution in [1.82, 2.24) is 15.1 Å². The third kappa shape index (κ3) is 5.50. The Morgan fingerprint density at radius 1 is 1.19 bits per heavy atom. The summed E-state index contributed by atoms with van der Waals surface area (Å²) < 4.78 is 9.74. The van der Waals surface area contributed by atoms with Gasteiger partial charge in [-0.2, -0.15) is 0 Å². The summed E-state index contributed by atoms with van der Waals surface area (Å²) in [6, 6.07) is -2.21. The van der Waals surface area contributed by atoms with Crippen molar-refractivity contribution < 1.29 is 33.8 Å². The molecule has 1 rings (SSSR count). The van der Waals surface area contributed by atoms with Crippen molar-refractivity contribution in [1.29, 1.82) is 0 Å². The first-order valence-corrected chi connectivity index (χ1v) is 8.23. The highest BCUT2D eigenvalue weighted by molar-refractivity contribution is 5.90. The molecule has 148 valence electrons. The average Bonchev–Trinajstić information content (AvgIpc) is 2.95. The molecule has 1 saturated heterocycles. The number of carbonyl (C=O) groups is 4. The van der Waals surface area contributed by atoms with Gasteiger partial charge in [-0.05, 0) is 26.7 Å². The third-order valence-electron chi connectivity index (χ3n) is 3.70. The second kappa shape index (κ2) is 8.24. The summed E-state index contributed by atoms with van der Waals surface area (Å²) in [5, 5.41) is 11.8. The first-order chi connectivity index (χ1) is 11.9. The number of amides is 3. The summed E-state index contributed by atoms with van der Waals surface area (Å²) in [5.41, 5.74) is -0.750. The molecule has 0 aromatic carbocycles. The van der Waals surface area contributed by atoms with E-state index in [1.807, 2.05) is 0 Å². The molecule has 3 amide bonds. The maximum Gasteiger partial charge on any atom is 0.411 e. The quantitative estimate of drug-likeness (QED) is 0.748. The van der Waals surface area contributed by atoms with Crippen molar-refractivity contribution in [2.45, 2.75) is 52.3 Å². The minimum absolute atomic E-state index is 0.195. The molecule has 26 heavy (non-hydrogen) atoms. The Labute approximate surface area is 152 Å². The number of aliphatic carboxylic acids is 1. The summed E-state index contributed by atoms with van der Waals surface area (Å²) in [7, 11) is 1.16. The van der Waals surface area contributed by atoms with E-state index >= 15 is 0 Å². The van der Waals surface area contributed by atoms with Crippen LogP contribution in [-0.4, -0.2) is 77.0 Å². The lowest BCUT2D eigenvalue weighted by Gasteiger charge is -2.28. The van der Waals surface area contributed by atoms with Gasteiger partial charge in [0.2, 0.25) is 5.91 Å². The first kappa shape index (κ1) is 21.5. The fourth-order valence-corrected chi connectivity index (χ4v) is 2.42. The minimum atomic E-state index is -1.25. The molecule has 0 saturated carbocycles.